The number of aromatic nitrogens is 1. The van der Waals surface area contributed by atoms with Crippen molar-refractivity contribution in [3.63, 3.8) is 0 Å². The van der Waals surface area contributed by atoms with Crippen molar-refractivity contribution in [1.82, 2.24) is 9.88 Å². The fourth-order valence-electron chi connectivity index (χ4n) is 4.04. The summed E-state index contributed by atoms with van der Waals surface area (Å²) < 4.78 is 5.79. The van der Waals surface area contributed by atoms with Crippen molar-refractivity contribution in [3.8, 4) is 11.1 Å². The third-order valence-corrected chi connectivity index (χ3v) is 5.71. The number of rotatable bonds is 5. The molecule has 4 rings (SSSR count). The molecule has 0 saturated carbocycles. The fraction of sp³-hybridized carbons (Fsp3) is 0.174. The number of aliphatic carboxylic acids is 1. The van der Waals surface area contributed by atoms with Gasteiger partial charge in [0.15, 0.2) is 0 Å². The highest BCUT2D eigenvalue weighted by Crippen LogP contribution is 2.47. The fourth-order valence-corrected chi connectivity index (χ4v) is 4.45. The van der Waals surface area contributed by atoms with Gasteiger partial charge in [0.2, 0.25) is 0 Å². The maximum Gasteiger partial charge on any atom is 0.411 e. The van der Waals surface area contributed by atoms with E-state index in [0.717, 1.165) is 26.7 Å². The van der Waals surface area contributed by atoms with Gasteiger partial charge in [-0.2, -0.15) is 0 Å². The van der Waals surface area contributed by atoms with Gasteiger partial charge < -0.3 is 9.84 Å². The molecule has 0 aliphatic heterocycles. The van der Waals surface area contributed by atoms with E-state index in [2.05, 4.69) is 20.9 Å². The van der Waals surface area contributed by atoms with E-state index in [9.17, 15) is 14.7 Å². The minimum absolute atomic E-state index is 0.0949. The Balaban J connectivity index is 1.84. The second kappa shape index (κ2) is 8.28. The summed E-state index contributed by atoms with van der Waals surface area (Å²) in [6, 6.07) is 15.6. The molecule has 30 heavy (non-hydrogen) atoms. The molecule has 1 aromatic heterocycles. The van der Waals surface area contributed by atoms with Crippen LogP contribution in [-0.2, 0) is 16.0 Å². The molecule has 1 aliphatic rings. The maximum atomic E-state index is 12.9. The monoisotopic (exact) mass is 466 g/mol. The van der Waals surface area contributed by atoms with Crippen LogP contribution in [0.15, 0.2) is 71.5 Å². The van der Waals surface area contributed by atoms with Crippen molar-refractivity contribution < 1.29 is 19.4 Å². The molecular formula is C23H19BrN2O4. The summed E-state index contributed by atoms with van der Waals surface area (Å²) >= 11 is 3.36. The third kappa shape index (κ3) is 3.57. The molecular weight excluding hydrogens is 448 g/mol. The topological polar surface area (TPSA) is 79.7 Å². The van der Waals surface area contributed by atoms with E-state index in [4.69, 9.17) is 4.74 Å². The van der Waals surface area contributed by atoms with Crippen LogP contribution in [0, 0.1) is 0 Å². The summed E-state index contributed by atoms with van der Waals surface area (Å²) in [4.78, 5) is 30.7. The number of carboxylic acid groups (broad SMARTS) is 1. The number of carbonyl (C=O) groups excluding carboxylic acids is 1. The Labute approximate surface area is 182 Å². The molecule has 0 unspecified atom stereocenters. The van der Waals surface area contributed by atoms with Gasteiger partial charge in [-0.15, -0.1) is 0 Å². The standard InChI is InChI=1S/C23H19BrN2O4/c1-30-23(29)26(20(22(27)28)11-14-10-15(24)13-25-12-14)21-18-8-4-2-6-16(18)17-7-3-5-9-19(17)21/h2-10,12-13,20-21H,11H2,1H3,(H,27,28)/t20-/m0/s1. The van der Waals surface area contributed by atoms with Gasteiger partial charge in [-0.1, -0.05) is 48.5 Å². The highest BCUT2D eigenvalue weighted by molar-refractivity contribution is 9.10. The summed E-state index contributed by atoms with van der Waals surface area (Å²) in [5, 5.41) is 10.1. The second-order valence-electron chi connectivity index (χ2n) is 7.02. The maximum absolute atomic E-state index is 12.9. The number of hydrogen-bond acceptors (Lipinski definition) is 4. The Morgan fingerprint density at radius 3 is 2.23 bits per heavy atom. The molecule has 1 N–H and O–H groups in total. The number of pyridine rings is 1. The average Bonchev–Trinajstić information content (AvgIpc) is 3.08. The second-order valence-corrected chi connectivity index (χ2v) is 7.94. The lowest BCUT2D eigenvalue weighted by atomic mass is 9.99. The van der Waals surface area contributed by atoms with Crippen molar-refractivity contribution in [2.45, 2.75) is 18.5 Å². The molecule has 2 aromatic carbocycles. The lowest BCUT2D eigenvalue weighted by Gasteiger charge is -2.34. The van der Waals surface area contributed by atoms with Gasteiger partial charge in [0.25, 0.3) is 0 Å². The van der Waals surface area contributed by atoms with Crippen LogP contribution in [0.25, 0.3) is 11.1 Å². The molecule has 152 valence electrons. The molecule has 1 aliphatic carbocycles. The minimum Gasteiger partial charge on any atom is -0.480 e. The van der Waals surface area contributed by atoms with Gasteiger partial charge in [0, 0.05) is 23.3 Å². The molecule has 0 fully saturated rings. The first-order valence-electron chi connectivity index (χ1n) is 9.38. The number of hydrogen-bond donors (Lipinski definition) is 1. The number of halogens is 1. The SMILES string of the molecule is COC(=O)N(C1c2ccccc2-c2ccccc21)[C@@H](Cc1cncc(Br)c1)C(=O)O. The molecule has 6 nitrogen and oxygen atoms in total. The predicted octanol–water partition coefficient (Wildman–Crippen LogP) is 4.68. The molecule has 7 heteroatoms. The van der Waals surface area contributed by atoms with Crippen molar-refractivity contribution in [2.75, 3.05) is 7.11 Å². The molecule has 1 atom stereocenters. The first-order chi connectivity index (χ1) is 14.5. The Morgan fingerprint density at radius 1 is 1.10 bits per heavy atom. The van der Waals surface area contributed by atoms with E-state index in [-0.39, 0.29) is 6.42 Å². The average molecular weight is 467 g/mol. The lowest BCUT2D eigenvalue weighted by Crippen LogP contribution is -2.48. The Bertz CT molecular complexity index is 1070. The van der Waals surface area contributed by atoms with E-state index >= 15 is 0 Å². The van der Waals surface area contributed by atoms with Crippen molar-refractivity contribution >= 4 is 28.0 Å². The number of fused-ring (bicyclic) bond motifs is 3. The predicted molar refractivity (Wildman–Crippen MR) is 115 cm³/mol. The normalized spacial score (nSPS) is 13.3. The molecule has 1 heterocycles. The van der Waals surface area contributed by atoms with Gasteiger partial charge in [-0.05, 0) is 49.8 Å². The van der Waals surface area contributed by atoms with Crippen LogP contribution in [0.2, 0.25) is 0 Å². The zero-order chi connectivity index (χ0) is 21.3. The molecule has 0 saturated heterocycles. The minimum atomic E-state index is -1.14. The van der Waals surface area contributed by atoms with E-state index in [1.807, 2.05) is 48.5 Å². The zero-order valence-electron chi connectivity index (χ0n) is 16.2. The highest BCUT2D eigenvalue weighted by Gasteiger charge is 2.42. The first-order valence-corrected chi connectivity index (χ1v) is 10.2. The van der Waals surface area contributed by atoms with Crippen LogP contribution >= 0.6 is 15.9 Å². The van der Waals surface area contributed by atoms with Crippen LogP contribution in [0.5, 0.6) is 0 Å². The summed E-state index contributed by atoms with van der Waals surface area (Å²) in [5.41, 5.74) is 4.43. The van der Waals surface area contributed by atoms with Crippen LogP contribution < -0.4 is 0 Å². The van der Waals surface area contributed by atoms with E-state index in [1.54, 1.807) is 18.5 Å². The molecule has 3 aromatic rings. The van der Waals surface area contributed by atoms with Gasteiger partial charge in [-0.3, -0.25) is 9.88 Å². The van der Waals surface area contributed by atoms with E-state index < -0.39 is 24.1 Å². The van der Waals surface area contributed by atoms with Crippen LogP contribution in [-0.4, -0.2) is 40.2 Å². The Hall–Kier alpha value is -3.19. The number of carboxylic acids is 1. The number of amides is 1. The first kappa shape index (κ1) is 20.1. The number of ether oxygens (including phenoxy) is 1. The zero-order valence-corrected chi connectivity index (χ0v) is 17.7. The molecule has 1 amide bonds. The van der Waals surface area contributed by atoms with Crippen LogP contribution in [0.3, 0.4) is 0 Å². The summed E-state index contributed by atoms with van der Waals surface area (Å²) in [6.07, 6.45) is 2.63. The van der Waals surface area contributed by atoms with E-state index in [0.29, 0.717) is 5.56 Å². The third-order valence-electron chi connectivity index (χ3n) is 5.28. The van der Waals surface area contributed by atoms with Crippen molar-refractivity contribution in [3.05, 3.63) is 88.2 Å². The summed E-state index contributed by atoms with van der Waals surface area (Å²) in [6.45, 7) is 0. The lowest BCUT2D eigenvalue weighted by molar-refractivity contribution is -0.143. The van der Waals surface area contributed by atoms with Crippen molar-refractivity contribution in [2.24, 2.45) is 0 Å². The quantitative estimate of drug-likeness (QED) is 0.590. The van der Waals surface area contributed by atoms with Crippen molar-refractivity contribution in [1.29, 1.82) is 0 Å². The van der Waals surface area contributed by atoms with Gasteiger partial charge >= 0.3 is 12.1 Å². The van der Waals surface area contributed by atoms with Gasteiger partial charge in [0.05, 0.1) is 13.2 Å². The highest BCUT2D eigenvalue weighted by atomic mass is 79.9. The summed E-state index contributed by atoms with van der Waals surface area (Å²) in [7, 11) is 1.27. The van der Waals surface area contributed by atoms with Crippen LogP contribution in [0.4, 0.5) is 4.79 Å². The Morgan fingerprint density at radius 2 is 1.70 bits per heavy atom. The number of carbonyl (C=O) groups is 2. The Kier molecular flexibility index (Phi) is 5.55. The van der Waals surface area contributed by atoms with E-state index in [1.165, 1.54) is 12.0 Å². The number of nitrogens with zero attached hydrogens (tertiary/aromatic N) is 2. The number of methoxy groups -OCH3 is 1. The van der Waals surface area contributed by atoms with Gasteiger partial charge in [0.1, 0.15) is 6.04 Å². The smallest absolute Gasteiger partial charge is 0.411 e. The van der Waals surface area contributed by atoms with Crippen LogP contribution in [0.1, 0.15) is 22.7 Å². The van der Waals surface area contributed by atoms with Gasteiger partial charge in [-0.25, -0.2) is 9.59 Å². The number of benzene rings is 2. The molecule has 0 bridgehead atoms. The largest absolute Gasteiger partial charge is 0.480 e. The molecule has 0 radical (unpaired) electrons. The molecule has 0 spiro atoms. The summed E-state index contributed by atoms with van der Waals surface area (Å²) in [5.74, 6) is -1.11.